The Balaban J connectivity index is 1.88. The Labute approximate surface area is 153 Å². The summed E-state index contributed by atoms with van der Waals surface area (Å²) in [6.45, 7) is 2.56. The summed E-state index contributed by atoms with van der Waals surface area (Å²) in [7, 11) is 1.04. The van der Waals surface area contributed by atoms with Crippen LogP contribution in [0, 0.1) is 0 Å². The highest BCUT2D eigenvalue weighted by Crippen LogP contribution is 2.27. The second-order valence-corrected chi connectivity index (χ2v) is 6.20. The van der Waals surface area contributed by atoms with E-state index in [9.17, 15) is 27.6 Å². The first-order valence-corrected chi connectivity index (χ1v) is 8.50. The maximum Gasteiger partial charge on any atom is 0.451 e. The lowest BCUT2D eigenvalue weighted by atomic mass is 10.1. The van der Waals surface area contributed by atoms with Crippen molar-refractivity contribution in [3.63, 3.8) is 0 Å². The number of halogens is 3. The van der Waals surface area contributed by atoms with E-state index >= 15 is 0 Å². The zero-order valence-corrected chi connectivity index (χ0v) is 15.1. The van der Waals surface area contributed by atoms with Crippen LogP contribution >= 0.6 is 0 Å². The molecule has 0 radical (unpaired) electrons. The number of hydrogen-bond acceptors (Lipinski definition) is 6. The van der Waals surface area contributed by atoms with Gasteiger partial charge in [-0.2, -0.15) is 13.2 Å². The van der Waals surface area contributed by atoms with Crippen molar-refractivity contribution in [1.29, 1.82) is 0 Å². The number of piperidine rings is 1. The first kappa shape index (κ1) is 20.9. The van der Waals surface area contributed by atoms with Gasteiger partial charge < -0.3 is 10.1 Å². The number of hydrogen-bond donors (Lipinski definition) is 1. The Hall–Kier alpha value is -2.37. The topological polar surface area (TPSA) is 98.5 Å². The minimum atomic E-state index is -4.70. The number of esters is 1. The van der Waals surface area contributed by atoms with Crippen LogP contribution in [0.25, 0.3) is 0 Å². The standard InChI is InChI=1S/C15H22F3N5O4/c1-3-27-12(25)8-19-11(24)9-22-6-4-10(5-7-22)23-14(26)21(2)13(20-23)15(16,17)18/h10H,3-9H2,1-2H3,(H,19,24). The van der Waals surface area contributed by atoms with E-state index in [1.807, 2.05) is 0 Å². The van der Waals surface area contributed by atoms with E-state index < -0.39 is 29.7 Å². The summed E-state index contributed by atoms with van der Waals surface area (Å²) >= 11 is 0. The van der Waals surface area contributed by atoms with Gasteiger partial charge in [-0.1, -0.05) is 0 Å². The van der Waals surface area contributed by atoms with E-state index in [0.717, 1.165) is 11.7 Å². The van der Waals surface area contributed by atoms with Crippen LogP contribution in [0.5, 0.6) is 0 Å². The first-order chi connectivity index (χ1) is 12.6. The highest BCUT2D eigenvalue weighted by Gasteiger charge is 2.39. The monoisotopic (exact) mass is 393 g/mol. The molecule has 0 bridgehead atoms. The molecule has 1 aromatic heterocycles. The second kappa shape index (κ2) is 8.55. The number of carbonyl (C=O) groups excluding carboxylic acids is 2. The molecule has 1 saturated heterocycles. The van der Waals surface area contributed by atoms with Gasteiger partial charge in [0.15, 0.2) is 0 Å². The van der Waals surface area contributed by atoms with Crippen LogP contribution in [0.1, 0.15) is 31.6 Å². The number of likely N-dealkylation sites (tertiary alicyclic amines) is 1. The zero-order chi connectivity index (χ0) is 20.2. The number of aromatic nitrogens is 3. The lowest BCUT2D eigenvalue weighted by Crippen LogP contribution is -2.44. The normalized spacial score (nSPS) is 16.3. The van der Waals surface area contributed by atoms with Crippen LogP contribution in [-0.4, -0.2) is 63.9 Å². The third-order valence-corrected chi connectivity index (χ3v) is 4.26. The van der Waals surface area contributed by atoms with Crippen LogP contribution in [0.4, 0.5) is 13.2 Å². The average molecular weight is 393 g/mol. The maximum atomic E-state index is 12.9. The number of amides is 1. The Morgan fingerprint density at radius 3 is 2.44 bits per heavy atom. The first-order valence-electron chi connectivity index (χ1n) is 8.50. The van der Waals surface area contributed by atoms with Gasteiger partial charge in [0.25, 0.3) is 0 Å². The Bertz CT molecular complexity index is 735. The maximum absolute atomic E-state index is 12.9. The molecule has 2 rings (SSSR count). The zero-order valence-electron chi connectivity index (χ0n) is 15.1. The van der Waals surface area contributed by atoms with Gasteiger partial charge in [-0.05, 0) is 19.8 Å². The number of rotatable bonds is 6. The molecule has 1 N–H and O–H groups in total. The van der Waals surface area contributed by atoms with Crippen molar-refractivity contribution in [2.24, 2.45) is 7.05 Å². The van der Waals surface area contributed by atoms with E-state index in [0.29, 0.717) is 30.5 Å². The Morgan fingerprint density at radius 1 is 1.30 bits per heavy atom. The molecule has 1 aliphatic heterocycles. The summed E-state index contributed by atoms with van der Waals surface area (Å²) in [5, 5.41) is 5.89. The van der Waals surface area contributed by atoms with E-state index in [-0.39, 0.29) is 25.6 Å². The second-order valence-electron chi connectivity index (χ2n) is 6.20. The smallest absolute Gasteiger partial charge is 0.451 e. The van der Waals surface area contributed by atoms with Crippen LogP contribution in [0.3, 0.4) is 0 Å². The van der Waals surface area contributed by atoms with E-state index in [1.54, 1.807) is 11.8 Å². The minimum Gasteiger partial charge on any atom is -0.465 e. The lowest BCUT2D eigenvalue weighted by Gasteiger charge is -2.30. The predicted molar refractivity (Wildman–Crippen MR) is 86.8 cm³/mol. The van der Waals surface area contributed by atoms with E-state index in [1.165, 1.54) is 0 Å². The van der Waals surface area contributed by atoms with Crippen molar-refractivity contribution in [2.45, 2.75) is 32.0 Å². The Kier molecular flexibility index (Phi) is 6.63. The quantitative estimate of drug-likeness (QED) is 0.679. The van der Waals surface area contributed by atoms with E-state index in [4.69, 9.17) is 4.74 Å². The largest absolute Gasteiger partial charge is 0.465 e. The van der Waals surface area contributed by atoms with Gasteiger partial charge in [0.2, 0.25) is 11.7 Å². The van der Waals surface area contributed by atoms with Gasteiger partial charge >= 0.3 is 17.8 Å². The van der Waals surface area contributed by atoms with Gasteiger partial charge in [-0.3, -0.25) is 19.1 Å². The van der Waals surface area contributed by atoms with Gasteiger partial charge in [0, 0.05) is 20.1 Å². The molecule has 1 aliphatic rings. The lowest BCUT2D eigenvalue weighted by molar-refractivity contribution is -0.147. The molecule has 1 fully saturated rings. The molecule has 2 heterocycles. The summed E-state index contributed by atoms with van der Waals surface area (Å²) in [4.78, 5) is 36.9. The molecule has 1 aromatic rings. The van der Waals surface area contributed by atoms with Crippen LogP contribution in [-0.2, 0) is 27.5 Å². The fraction of sp³-hybridized carbons (Fsp3) is 0.733. The molecule has 0 saturated carbocycles. The summed E-state index contributed by atoms with van der Waals surface area (Å²) in [5.74, 6) is -2.11. The summed E-state index contributed by atoms with van der Waals surface area (Å²) in [5.41, 5.74) is -0.812. The average Bonchev–Trinajstić information content (AvgIpc) is 2.90. The number of nitrogens with one attached hydrogen (secondary N) is 1. The number of ether oxygens (including phenoxy) is 1. The van der Waals surface area contributed by atoms with Crippen LogP contribution in [0.2, 0.25) is 0 Å². The van der Waals surface area contributed by atoms with Gasteiger partial charge in [-0.15, -0.1) is 5.10 Å². The molecule has 0 aliphatic carbocycles. The highest BCUT2D eigenvalue weighted by atomic mass is 19.4. The number of nitrogens with zero attached hydrogens (tertiary/aromatic N) is 4. The predicted octanol–water partition coefficient (Wildman–Crippen LogP) is -0.0832. The molecule has 12 heteroatoms. The molecule has 0 aromatic carbocycles. The third-order valence-electron chi connectivity index (χ3n) is 4.26. The molecule has 27 heavy (non-hydrogen) atoms. The Morgan fingerprint density at radius 2 is 1.93 bits per heavy atom. The molecule has 9 nitrogen and oxygen atoms in total. The molecule has 0 unspecified atom stereocenters. The number of carbonyl (C=O) groups is 2. The summed E-state index contributed by atoms with van der Waals surface area (Å²) in [6.07, 6.45) is -3.92. The van der Waals surface area contributed by atoms with E-state index in [2.05, 4.69) is 10.4 Å². The summed E-state index contributed by atoms with van der Waals surface area (Å²) < 4.78 is 44.7. The van der Waals surface area contributed by atoms with Crippen molar-refractivity contribution in [1.82, 2.24) is 24.6 Å². The van der Waals surface area contributed by atoms with Crippen molar-refractivity contribution in [3.8, 4) is 0 Å². The fourth-order valence-electron chi connectivity index (χ4n) is 2.90. The molecular formula is C15H22F3N5O4. The van der Waals surface area contributed by atoms with Crippen molar-refractivity contribution < 1.29 is 27.5 Å². The van der Waals surface area contributed by atoms with Gasteiger partial charge in [0.1, 0.15) is 6.54 Å². The molecule has 152 valence electrons. The minimum absolute atomic E-state index is 0.0526. The summed E-state index contributed by atoms with van der Waals surface area (Å²) in [6, 6.07) is -0.460. The molecular weight excluding hydrogens is 371 g/mol. The third kappa shape index (κ3) is 5.31. The van der Waals surface area contributed by atoms with Gasteiger partial charge in [0.05, 0.1) is 19.2 Å². The van der Waals surface area contributed by atoms with Crippen molar-refractivity contribution >= 4 is 11.9 Å². The SMILES string of the molecule is CCOC(=O)CNC(=O)CN1CCC(n2nc(C(F)(F)F)n(C)c2=O)CC1. The molecule has 0 atom stereocenters. The van der Waals surface area contributed by atoms with Crippen molar-refractivity contribution in [2.75, 3.05) is 32.8 Å². The van der Waals surface area contributed by atoms with Crippen LogP contribution in [0.15, 0.2) is 4.79 Å². The highest BCUT2D eigenvalue weighted by molar-refractivity contribution is 5.83. The molecule has 1 amide bonds. The van der Waals surface area contributed by atoms with Gasteiger partial charge in [-0.25, -0.2) is 9.48 Å². The molecule has 0 spiro atoms. The van der Waals surface area contributed by atoms with Crippen molar-refractivity contribution in [3.05, 3.63) is 16.3 Å². The fourth-order valence-corrected chi connectivity index (χ4v) is 2.90. The van der Waals surface area contributed by atoms with Crippen LogP contribution < -0.4 is 11.0 Å². The number of alkyl halides is 3.